The van der Waals surface area contributed by atoms with Crippen LogP contribution in [0.25, 0.3) is 0 Å². The number of carbonyl (C=O) groups is 1. The molecule has 0 unspecified atom stereocenters. The molecule has 0 bridgehead atoms. The lowest BCUT2D eigenvalue weighted by Crippen LogP contribution is -2.12. The van der Waals surface area contributed by atoms with Crippen molar-refractivity contribution in [1.82, 2.24) is 9.78 Å². The van der Waals surface area contributed by atoms with Gasteiger partial charge in [0.2, 0.25) is 0 Å². The fourth-order valence-electron chi connectivity index (χ4n) is 2.56. The second-order valence-corrected chi connectivity index (χ2v) is 5.13. The van der Waals surface area contributed by atoms with Crippen molar-refractivity contribution in [3.8, 4) is 0 Å². The average Bonchev–Trinajstić information content (AvgIpc) is 2.75. The molecule has 1 saturated carbocycles. The van der Waals surface area contributed by atoms with Crippen LogP contribution in [0, 0.1) is 0 Å². The van der Waals surface area contributed by atoms with Gasteiger partial charge in [-0.05, 0) is 32.8 Å². The Morgan fingerprint density at radius 3 is 2.53 bits per heavy atom. The third-order valence-corrected chi connectivity index (χ3v) is 3.49. The van der Waals surface area contributed by atoms with Gasteiger partial charge < -0.3 is 5.11 Å². The van der Waals surface area contributed by atoms with Crippen LogP contribution in [0.3, 0.4) is 0 Å². The lowest BCUT2D eigenvalue weighted by atomic mass is 9.87. The Morgan fingerprint density at radius 2 is 2.06 bits per heavy atom. The first-order valence-electron chi connectivity index (χ1n) is 6.42. The fraction of sp³-hybridized carbons (Fsp3) is 0.692. The lowest BCUT2D eigenvalue weighted by Gasteiger charge is -2.19. The van der Waals surface area contributed by atoms with Crippen molar-refractivity contribution in [3.05, 3.63) is 17.5 Å². The number of carboxylic acid groups (broad SMARTS) is 1. The van der Waals surface area contributed by atoms with Crippen molar-refractivity contribution in [3.63, 3.8) is 0 Å². The highest BCUT2D eigenvalue weighted by molar-refractivity contribution is 5.85. The molecule has 1 aromatic heterocycles. The van der Waals surface area contributed by atoms with E-state index in [0.717, 1.165) is 18.5 Å². The molecule has 0 amide bonds. The Hall–Kier alpha value is -1.32. The maximum absolute atomic E-state index is 11.2. The maximum atomic E-state index is 11.2. The summed E-state index contributed by atoms with van der Waals surface area (Å²) in [6.45, 7) is 3.92. The molecule has 1 aliphatic rings. The highest BCUT2D eigenvalue weighted by Crippen LogP contribution is 2.32. The van der Waals surface area contributed by atoms with Crippen LogP contribution in [0.4, 0.5) is 0 Å². The van der Waals surface area contributed by atoms with Crippen molar-refractivity contribution in [2.24, 2.45) is 0 Å². The van der Waals surface area contributed by atoms with Crippen LogP contribution in [-0.2, 0) is 0 Å². The Morgan fingerprint density at radius 1 is 1.41 bits per heavy atom. The third kappa shape index (κ3) is 2.51. The monoisotopic (exact) mass is 236 g/mol. The van der Waals surface area contributed by atoms with Crippen LogP contribution in [0.2, 0.25) is 0 Å². The number of hydrogen-bond donors (Lipinski definition) is 1. The van der Waals surface area contributed by atoms with Gasteiger partial charge in [0.15, 0.2) is 0 Å². The summed E-state index contributed by atoms with van der Waals surface area (Å²) < 4.78 is 1.63. The summed E-state index contributed by atoms with van der Waals surface area (Å²) >= 11 is 0. The number of nitrogens with zero attached hydrogens (tertiary/aromatic N) is 2. The zero-order valence-corrected chi connectivity index (χ0v) is 10.5. The average molecular weight is 236 g/mol. The van der Waals surface area contributed by atoms with Crippen molar-refractivity contribution >= 4 is 5.97 Å². The first-order chi connectivity index (χ1) is 8.09. The van der Waals surface area contributed by atoms with Crippen LogP contribution in [0.1, 0.15) is 74.1 Å². The van der Waals surface area contributed by atoms with Gasteiger partial charge in [-0.25, -0.2) is 4.79 Å². The third-order valence-electron chi connectivity index (χ3n) is 3.49. The van der Waals surface area contributed by atoms with E-state index in [1.807, 2.05) is 13.8 Å². The fourth-order valence-corrected chi connectivity index (χ4v) is 2.56. The van der Waals surface area contributed by atoms with Gasteiger partial charge in [0.25, 0.3) is 0 Å². The highest BCUT2D eigenvalue weighted by atomic mass is 16.4. The van der Waals surface area contributed by atoms with E-state index in [0.29, 0.717) is 11.6 Å². The molecule has 1 aliphatic carbocycles. The quantitative estimate of drug-likeness (QED) is 0.876. The lowest BCUT2D eigenvalue weighted by molar-refractivity contribution is 0.0681. The molecular weight excluding hydrogens is 216 g/mol. The van der Waals surface area contributed by atoms with E-state index in [2.05, 4.69) is 5.10 Å². The highest BCUT2D eigenvalue weighted by Gasteiger charge is 2.22. The molecule has 1 aromatic rings. The van der Waals surface area contributed by atoms with E-state index in [-0.39, 0.29) is 6.04 Å². The summed E-state index contributed by atoms with van der Waals surface area (Å²) in [4.78, 5) is 11.2. The number of rotatable bonds is 3. The minimum Gasteiger partial charge on any atom is -0.477 e. The van der Waals surface area contributed by atoms with Crippen LogP contribution in [0.5, 0.6) is 0 Å². The van der Waals surface area contributed by atoms with Gasteiger partial charge in [-0.3, -0.25) is 4.68 Å². The number of aromatic carboxylic acids is 1. The van der Waals surface area contributed by atoms with E-state index in [9.17, 15) is 4.79 Å². The summed E-state index contributed by atoms with van der Waals surface area (Å²) in [5.41, 5.74) is 1.29. The molecule has 0 atom stereocenters. The van der Waals surface area contributed by atoms with E-state index in [1.165, 1.54) is 19.3 Å². The smallest absolute Gasteiger partial charge is 0.354 e. The SMILES string of the molecule is CC(C)n1nc(C2CCCCC2)cc1C(=O)O. The first kappa shape index (κ1) is 12.1. The van der Waals surface area contributed by atoms with Crippen LogP contribution in [-0.4, -0.2) is 20.9 Å². The normalized spacial score (nSPS) is 17.6. The standard InChI is InChI=1S/C13H20N2O2/c1-9(2)15-12(13(16)17)8-11(14-15)10-6-4-3-5-7-10/h8-10H,3-7H2,1-2H3,(H,16,17). The molecule has 17 heavy (non-hydrogen) atoms. The van der Waals surface area contributed by atoms with E-state index in [1.54, 1.807) is 10.7 Å². The minimum absolute atomic E-state index is 0.0958. The second-order valence-electron chi connectivity index (χ2n) is 5.13. The molecule has 4 heteroatoms. The van der Waals surface area contributed by atoms with Crippen molar-refractivity contribution in [2.45, 2.75) is 57.9 Å². The van der Waals surface area contributed by atoms with Crippen LogP contribution in [0.15, 0.2) is 6.07 Å². The topological polar surface area (TPSA) is 55.1 Å². The van der Waals surface area contributed by atoms with Gasteiger partial charge in [-0.2, -0.15) is 5.10 Å². The van der Waals surface area contributed by atoms with Gasteiger partial charge >= 0.3 is 5.97 Å². The largest absolute Gasteiger partial charge is 0.477 e. The van der Waals surface area contributed by atoms with E-state index < -0.39 is 5.97 Å². The van der Waals surface area contributed by atoms with Gasteiger partial charge in [0, 0.05) is 12.0 Å². The molecule has 1 N–H and O–H groups in total. The van der Waals surface area contributed by atoms with Gasteiger partial charge in [-0.15, -0.1) is 0 Å². The number of carboxylic acids is 1. The summed E-state index contributed by atoms with van der Waals surface area (Å²) in [7, 11) is 0. The summed E-state index contributed by atoms with van der Waals surface area (Å²) in [6.07, 6.45) is 6.07. The summed E-state index contributed by atoms with van der Waals surface area (Å²) in [5.74, 6) is -0.421. The molecular formula is C13H20N2O2. The van der Waals surface area contributed by atoms with Gasteiger partial charge in [0.1, 0.15) is 5.69 Å². The van der Waals surface area contributed by atoms with E-state index in [4.69, 9.17) is 5.11 Å². The zero-order valence-electron chi connectivity index (χ0n) is 10.5. The first-order valence-corrected chi connectivity index (χ1v) is 6.42. The molecule has 1 fully saturated rings. The molecule has 2 rings (SSSR count). The van der Waals surface area contributed by atoms with Crippen molar-refractivity contribution < 1.29 is 9.90 Å². The maximum Gasteiger partial charge on any atom is 0.354 e. The molecule has 0 radical (unpaired) electrons. The van der Waals surface area contributed by atoms with Crippen molar-refractivity contribution in [1.29, 1.82) is 0 Å². The zero-order chi connectivity index (χ0) is 12.4. The Bertz CT molecular complexity index is 404. The number of aromatic nitrogens is 2. The van der Waals surface area contributed by atoms with Gasteiger partial charge in [-0.1, -0.05) is 19.3 Å². The summed E-state index contributed by atoms with van der Waals surface area (Å²) in [6, 6.07) is 1.86. The molecule has 0 aliphatic heterocycles. The Balaban J connectivity index is 2.29. The van der Waals surface area contributed by atoms with Crippen LogP contribution < -0.4 is 0 Å². The molecule has 1 heterocycles. The number of hydrogen-bond acceptors (Lipinski definition) is 2. The molecule has 4 nitrogen and oxygen atoms in total. The molecule has 0 spiro atoms. The van der Waals surface area contributed by atoms with Gasteiger partial charge in [0.05, 0.1) is 5.69 Å². The van der Waals surface area contributed by atoms with Crippen LogP contribution >= 0.6 is 0 Å². The molecule has 0 saturated heterocycles. The minimum atomic E-state index is -0.881. The molecule has 0 aromatic carbocycles. The Labute approximate surface area is 102 Å². The predicted molar refractivity (Wildman–Crippen MR) is 65.4 cm³/mol. The predicted octanol–water partition coefficient (Wildman–Crippen LogP) is 3.21. The Kier molecular flexibility index (Phi) is 3.50. The second kappa shape index (κ2) is 4.90. The van der Waals surface area contributed by atoms with E-state index >= 15 is 0 Å². The van der Waals surface area contributed by atoms with Crippen molar-refractivity contribution in [2.75, 3.05) is 0 Å². The molecule has 94 valence electrons. The summed E-state index contributed by atoms with van der Waals surface area (Å²) in [5, 5.41) is 13.7.